The quantitative estimate of drug-likeness (QED) is 0.698. The minimum Gasteiger partial charge on any atom is -0.341 e. The molecule has 0 aromatic heterocycles. The average Bonchev–Trinajstić information content (AvgIpc) is 3.39. The van der Waals surface area contributed by atoms with Crippen molar-refractivity contribution in [2.75, 3.05) is 46.8 Å². The summed E-state index contributed by atoms with van der Waals surface area (Å²) < 4.78 is 14.0. The molecule has 0 bridgehead atoms. The third-order valence-electron chi connectivity index (χ3n) is 6.05. The SMILES string of the molecule is CN(C)CCN(C[C@@H]1CCCN(Cc2ccccc2F)C1)C(=O)C1(C)CC1. The zero-order valence-electron chi connectivity index (χ0n) is 17.1. The summed E-state index contributed by atoms with van der Waals surface area (Å²) in [5, 5.41) is 0. The number of amides is 1. The fourth-order valence-electron chi connectivity index (χ4n) is 4.00. The molecule has 0 radical (unpaired) electrons. The van der Waals surface area contributed by atoms with Crippen LogP contribution in [-0.4, -0.2) is 67.4 Å². The first-order chi connectivity index (χ1) is 12.9. The molecular weight excluding hydrogens is 341 g/mol. The van der Waals surface area contributed by atoms with Crippen LogP contribution in [0.4, 0.5) is 4.39 Å². The predicted octanol–water partition coefficient (Wildman–Crippen LogP) is 3.23. The van der Waals surface area contributed by atoms with Crippen LogP contribution in [0, 0.1) is 17.2 Å². The molecule has 0 N–H and O–H groups in total. The average molecular weight is 376 g/mol. The third-order valence-corrected chi connectivity index (χ3v) is 6.05. The van der Waals surface area contributed by atoms with Crippen LogP contribution >= 0.6 is 0 Å². The molecule has 1 saturated carbocycles. The van der Waals surface area contributed by atoms with Crippen molar-refractivity contribution in [1.82, 2.24) is 14.7 Å². The summed E-state index contributed by atoms with van der Waals surface area (Å²) >= 11 is 0. The van der Waals surface area contributed by atoms with Gasteiger partial charge in [-0.2, -0.15) is 0 Å². The molecule has 27 heavy (non-hydrogen) atoms. The van der Waals surface area contributed by atoms with E-state index in [1.807, 2.05) is 12.1 Å². The minimum absolute atomic E-state index is 0.117. The Balaban J connectivity index is 1.59. The van der Waals surface area contributed by atoms with E-state index >= 15 is 0 Å². The zero-order chi connectivity index (χ0) is 19.4. The molecule has 5 heteroatoms. The summed E-state index contributed by atoms with van der Waals surface area (Å²) in [6.45, 7) is 7.23. The van der Waals surface area contributed by atoms with Gasteiger partial charge < -0.3 is 9.80 Å². The van der Waals surface area contributed by atoms with Crippen molar-refractivity contribution in [2.24, 2.45) is 11.3 Å². The van der Waals surface area contributed by atoms with E-state index in [9.17, 15) is 9.18 Å². The third kappa shape index (κ3) is 5.52. The van der Waals surface area contributed by atoms with Gasteiger partial charge in [0.2, 0.25) is 5.91 Å². The maximum Gasteiger partial charge on any atom is 0.228 e. The molecule has 1 aliphatic heterocycles. The molecule has 1 aromatic carbocycles. The Morgan fingerprint density at radius 1 is 1.26 bits per heavy atom. The van der Waals surface area contributed by atoms with Crippen molar-refractivity contribution >= 4 is 5.91 Å². The summed E-state index contributed by atoms with van der Waals surface area (Å²) in [7, 11) is 4.11. The van der Waals surface area contributed by atoms with Gasteiger partial charge >= 0.3 is 0 Å². The molecule has 3 rings (SSSR count). The van der Waals surface area contributed by atoms with Crippen LogP contribution in [0.1, 0.15) is 38.2 Å². The maximum atomic E-state index is 14.0. The van der Waals surface area contributed by atoms with Gasteiger partial charge in [0, 0.05) is 43.7 Å². The van der Waals surface area contributed by atoms with Crippen LogP contribution < -0.4 is 0 Å². The molecule has 2 fully saturated rings. The lowest BCUT2D eigenvalue weighted by atomic mass is 9.96. The first-order valence-electron chi connectivity index (χ1n) is 10.3. The van der Waals surface area contributed by atoms with Gasteiger partial charge in [0.1, 0.15) is 5.82 Å². The zero-order valence-corrected chi connectivity index (χ0v) is 17.1. The molecule has 1 aromatic rings. The Morgan fingerprint density at radius 2 is 2.00 bits per heavy atom. The number of hydrogen-bond donors (Lipinski definition) is 0. The van der Waals surface area contributed by atoms with Gasteiger partial charge in [-0.25, -0.2) is 4.39 Å². The molecule has 1 saturated heterocycles. The van der Waals surface area contributed by atoms with E-state index in [0.717, 1.165) is 64.0 Å². The van der Waals surface area contributed by atoms with Crippen molar-refractivity contribution < 1.29 is 9.18 Å². The second-order valence-electron chi connectivity index (χ2n) is 8.95. The number of piperidine rings is 1. The van der Waals surface area contributed by atoms with Crippen LogP contribution in [0.25, 0.3) is 0 Å². The summed E-state index contributed by atoms with van der Waals surface area (Å²) in [6.07, 6.45) is 4.31. The van der Waals surface area contributed by atoms with Crippen molar-refractivity contribution in [3.63, 3.8) is 0 Å². The van der Waals surface area contributed by atoms with Crippen molar-refractivity contribution in [2.45, 2.75) is 39.2 Å². The van der Waals surface area contributed by atoms with E-state index in [0.29, 0.717) is 18.4 Å². The number of likely N-dealkylation sites (tertiary alicyclic amines) is 1. The molecule has 150 valence electrons. The number of carbonyl (C=O) groups is 1. The van der Waals surface area contributed by atoms with Crippen LogP contribution in [-0.2, 0) is 11.3 Å². The van der Waals surface area contributed by atoms with E-state index in [2.05, 4.69) is 35.7 Å². The number of benzene rings is 1. The second-order valence-corrected chi connectivity index (χ2v) is 8.95. The summed E-state index contributed by atoms with van der Waals surface area (Å²) in [6, 6.07) is 7.05. The topological polar surface area (TPSA) is 26.8 Å². The van der Waals surface area contributed by atoms with Crippen LogP contribution in [0.5, 0.6) is 0 Å². The molecular formula is C22H34FN3O. The van der Waals surface area contributed by atoms with E-state index in [1.165, 1.54) is 6.07 Å². The number of halogens is 1. The van der Waals surface area contributed by atoms with Gasteiger partial charge in [-0.3, -0.25) is 9.69 Å². The first-order valence-corrected chi connectivity index (χ1v) is 10.3. The van der Waals surface area contributed by atoms with E-state index in [-0.39, 0.29) is 11.2 Å². The Labute approximate surface area is 163 Å². The largest absolute Gasteiger partial charge is 0.341 e. The monoisotopic (exact) mass is 375 g/mol. The normalized spacial score (nSPS) is 22.0. The second kappa shape index (κ2) is 8.70. The molecule has 0 spiro atoms. The number of nitrogens with zero attached hydrogens (tertiary/aromatic N) is 3. The number of carbonyl (C=O) groups excluding carboxylic acids is 1. The van der Waals surface area contributed by atoms with Gasteiger partial charge in [0.05, 0.1) is 0 Å². The Morgan fingerprint density at radius 3 is 2.67 bits per heavy atom. The fraction of sp³-hybridized carbons (Fsp3) is 0.682. The Hall–Kier alpha value is -1.46. The smallest absolute Gasteiger partial charge is 0.228 e. The summed E-state index contributed by atoms with van der Waals surface area (Å²) in [4.78, 5) is 19.6. The highest BCUT2D eigenvalue weighted by Crippen LogP contribution is 2.46. The first kappa shape index (κ1) is 20.3. The highest BCUT2D eigenvalue weighted by atomic mass is 19.1. The lowest BCUT2D eigenvalue weighted by molar-refractivity contribution is -0.137. The van der Waals surface area contributed by atoms with Gasteiger partial charge in [-0.15, -0.1) is 0 Å². The van der Waals surface area contributed by atoms with E-state index in [1.54, 1.807) is 6.07 Å². The number of likely N-dealkylation sites (N-methyl/N-ethyl adjacent to an activating group) is 1. The molecule has 1 atom stereocenters. The fourth-order valence-corrected chi connectivity index (χ4v) is 4.00. The standard InChI is InChI=1S/C22H34FN3O/c1-22(10-11-22)21(27)26(14-13-24(2)3)16-18-7-6-12-25(15-18)17-19-8-4-5-9-20(19)23/h4-5,8-9,18H,6-7,10-17H2,1-3H3/t18-/m1/s1. The predicted molar refractivity (Wildman–Crippen MR) is 107 cm³/mol. The van der Waals surface area contributed by atoms with Crippen LogP contribution in [0.2, 0.25) is 0 Å². The highest BCUT2D eigenvalue weighted by molar-refractivity contribution is 5.84. The molecule has 0 unspecified atom stereocenters. The van der Waals surface area contributed by atoms with Gasteiger partial charge in [0.25, 0.3) is 0 Å². The van der Waals surface area contributed by atoms with E-state index < -0.39 is 0 Å². The van der Waals surface area contributed by atoms with Crippen molar-refractivity contribution in [1.29, 1.82) is 0 Å². The van der Waals surface area contributed by atoms with Crippen molar-refractivity contribution in [3.05, 3.63) is 35.6 Å². The van der Waals surface area contributed by atoms with Gasteiger partial charge in [0.15, 0.2) is 0 Å². The molecule has 2 aliphatic rings. The summed E-state index contributed by atoms with van der Waals surface area (Å²) in [5.74, 6) is 0.679. The molecule has 4 nitrogen and oxygen atoms in total. The Bertz CT molecular complexity index is 644. The van der Waals surface area contributed by atoms with Gasteiger partial charge in [-0.05, 0) is 58.3 Å². The van der Waals surface area contributed by atoms with Crippen LogP contribution in [0.3, 0.4) is 0 Å². The maximum absolute atomic E-state index is 14.0. The lowest BCUT2D eigenvalue weighted by Crippen LogP contribution is -2.46. The number of rotatable bonds is 8. The van der Waals surface area contributed by atoms with Crippen LogP contribution in [0.15, 0.2) is 24.3 Å². The molecule has 1 aliphatic carbocycles. The molecule has 1 heterocycles. The lowest BCUT2D eigenvalue weighted by Gasteiger charge is -2.37. The summed E-state index contributed by atoms with van der Waals surface area (Å²) in [5.41, 5.74) is 0.651. The van der Waals surface area contributed by atoms with E-state index in [4.69, 9.17) is 0 Å². The minimum atomic E-state index is -0.121. The van der Waals surface area contributed by atoms with Gasteiger partial charge in [-0.1, -0.05) is 25.1 Å². The number of hydrogen-bond acceptors (Lipinski definition) is 3. The molecule has 1 amide bonds. The highest BCUT2D eigenvalue weighted by Gasteiger charge is 2.47. The van der Waals surface area contributed by atoms with Crippen molar-refractivity contribution in [3.8, 4) is 0 Å². The Kier molecular flexibility index (Phi) is 6.53.